The van der Waals surface area contributed by atoms with Gasteiger partial charge in [0.1, 0.15) is 23.3 Å². The van der Waals surface area contributed by atoms with E-state index >= 15 is 0 Å². The Morgan fingerprint density at radius 3 is 2.37 bits per heavy atom. The van der Waals surface area contributed by atoms with Gasteiger partial charge in [0.25, 0.3) is 0 Å². The summed E-state index contributed by atoms with van der Waals surface area (Å²) in [6.45, 7) is 3.89. The minimum atomic E-state index is -0.256. The van der Waals surface area contributed by atoms with Crippen molar-refractivity contribution in [2.75, 3.05) is 10.6 Å². The first kappa shape index (κ1) is 19.5. The van der Waals surface area contributed by atoms with E-state index in [1.54, 1.807) is 35.4 Å². The zero-order valence-corrected chi connectivity index (χ0v) is 17.0. The monoisotopic (exact) mass is 403 g/mol. The summed E-state index contributed by atoms with van der Waals surface area (Å²) in [7, 11) is 1.88. The lowest BCUT2D eigenvalue weighted by molar-refractivity contribution is 0.626. The van der Waals surface area contributed by atoms with Gasteiger partial charge < -0.3 is 10.6 Å². The van der Waals surface area contributed by atoms with Crippen molar-refractivity contribution in [1.29, 1.82) is 0 Å². The molecule has 0 bridgehead atoms. The molecule has 0 aliphatic carbocycles. The van der Waals surface area contributed by atoms with Gasteiger partial charge in [-0.1, -0.05) is 12.1 Å². The van der Waals surface area contributed by atoms with Crippen molar-refractivity contribution < 1.29 is 4.39 Å². The molecule has 0 spiro atoms. The molecule has 0 saturated carbocycles. The highest BCUT2D eigenvalue weighted by atomic mass is 19.1. The van der Waals surface area contributed by atoms with E-state index in [9.17, 15) is 4.39 Å². The number of rotatable bonds is 6. The lowest BCUT2D eigenvalue weighted by atomic mass is 10.1. The fourth-order valence-electron chi connectivity index (χ4n) is 3.05. The summed E-state index contributed by atoms with van der Waals surface area (Å²) in [6, 6.07) is 10.3. The van der Waals surface area contributed by atoms with Crippen LogP contribution in [0.2, 0.25) is 0 Å². The molecule has 3 heterocycles. The van der Waals surface area contributed by atoms with Gasteiger partial charge in [-0.15, -0.1) is 0 Å². The van der Waals surface area contributed by atoms with Crippen LogP contribution in [0.25, 0.3) is 11.1 Å². The number of aryl methyl sites for hydroxylation is 2. The average Bonchev–Trinajstić information content (AvgIpc) is 3.16. The van der Waals surface area contributed by atoms with Gasteiger partial charge in [0.2, 0.25) is 0 Å². The third-order valence-corrected chi connectivity index (χ3v) is 4.64. The second-order valence-electron chi connectivity index (χ2n) is 7.11. The van der Waals surface area contributed by atoms with Crippen molar-refractivity contribution in [2.45, 2.75) is 19.9 Å². The molecular weight excluding hydrogens is 381 g/mol. The minimum absolute atomic E-state index is 0.0609. The maximum absolute atomic E-state index is 13.2. The van der Waals surface area contributed by atoms with Crippen LogP contribution in [0.5, 0.6) is 0 Å². The van der Waals surface area contributed by atoms with E-state index in [4.69, 9.17) is 0 Å². The molecule has 4 rings (SSSR count). The Morgan fingerprint density at radius 1 is 0.933 bits per heavy atom. The predicted molar refractivity (Wildman–Crippen MR) is 115 cm³/mol. The molecule has 152 valence electrons. The number of hydrogen-bond acceptors (Lipinski definition) is 6. The summed E-state index contributed by atoms with van der Waals surface area (Å²) < 4.78 is 15.0. The highest BCUT2D eigenvalue weighted by Crippen LogP contribution is 2.28. The van der Waals surface area contributed by atoms with Crippen LogP contribution in [0.4, 0.5) is 21.8 Å². The van der Waals surface area contributed by atoms with Gasteiger partial charge in [-0.25, -0.2) is 14.4 Å². The van der Waals surface area contributed by atoms with E-state index in [1.165, 1.54) is 12.1 Å². The predicted octanol–water partition coefficient (Wildman–Crippen LogP) is 4.64. The third-order valence-electron chi connectivity index (χ3n) is 4.64. The second-order valence-corrected chi connectivity index (χ2v) is 7.11. The largest absolute Gasteiger partial charge is 0.363 e. The Kier molecular flexibility index (Phi) is 5.38. The average molecular weight is 403 g/mol. The van der Waals surface area contributed by atoms with E-state index in [-0.39, 0.29) is 11.9 Å². The molecule has 0 unspecified atom stereocenters. The molecule has 0 saturated heterocycles. The quantitative estimate of drug-likeness (QED) is 0.488. The second kappa shape index (κ2) is 8.28. The highest BCUT2D eigenvalue weighted by Gasteiger charge is 2.11. The maximum atomic E-state index is 13.2. The molecule has 7 nitrogen and oxygen atoms in total. The molecule has 8 heteroatoms. The molecular formula is C22H22FN7. The molecule has 0 aliphatic heterocycles. The first-order valence-corrected chi connectivity index (χ1v) is 9.55. The van der Waals surface area contributed by atoms with Gasteiger partial charge in [-0.3, -0.25) is 9.67 Å². The van der Waals surface area contributed by atoms with Crippen molar-refractivity contribution in [3.63, 3.8) is 0 Å². The number of nitrogens with one attached hydrogen (secondary N) is 2. The van der Waals surface area contributed by atoms with Gasteiger partial charge in [0.15, 0.2) is 0 Å². The minimum Gasteiger partial charge on any atom is -0.363 e. The van der Waals surface area contributed by atoms with Crippen molar-refractivity contribution in [1.82, 2.24) is 24.7 Å². The fraction of sp³-hybridized carbons (Fsp3) is 0.182. The number of nitrogens with zero attached hydrogens (tertiary/aromatic N) is 5. The Labute approximate surface area is 174 Å². The number of aromatic nitrogens is 5. The van der Waals surface area contributed by atoms with Crippen molar-refractivity contribution in [3.8, 4) is 11.1 Å². The Balaban J connectivity index is 1.65. The summed E-state index contributed by atoms with van der Waals surface area (Å²) in [4.78, 5) is 13.3. The van der Waals surface area contributed by atoms with Crippen LogP contribution < -0.4 is 10.6 Å². The zero-order chi connectivity index (χ0) is 21.1. The van der Waals surface area contributed by atoms with E-state index in [0.717, 1.165) is 22.4 Å². The normalized spacial score (nSPS) is 11.9. The van der Waals surface area contributed by atoms with Crippen LogP contribution >= 0.6 is 0 Å². The number of benzene rings is 1. The molecule has 0 aliphatic rings. The van der Waals surface area contributed by atoms with Crippen LogP contribution in [0.3, 0.4) is 0 Å². The first-order chi connectivity index (χ1) is 14.5. The SMILES string of the molecule is Cc1cnc(Nc2cc(-c3cnn(C)c3)cc(N[C@@H](C)c3ccc(F)cc3)n2)cn1. The standard InChI is InChI=1S/C22H22FN7/c1-14-10-25-22(12-24-14)29-21-9-17(18-11-26-30(3)13-18)8-20(28-21)27-15(2)16-4-6-19(23)7-5-16/h4-13,15H,1-3H3,(H2,25,27,28,29)/t15-/m0/s1. The van der Waals surface area contributed by atoms with Gasteiger partial charge in [0.05, 0.1) is 24.3 Å². The molecule has 0 radical (unpaired) electrons. The number of pyridine rings is 1. The van der Waals surface area contributed by atoms with Gasteiger partial charge in [-0.05, 0) is 49.2 Å². The topological polar surface area (TPSA) is 80.5 Å². The van der Waals surface area contributed by atoms with Crippen LogP contribution in [0, 0.1) is 12.7 Å². The molecule has 2 N–H and O–H groups in total. The van der Waals surface area contributed by atoms with Gasteiger partial charge in [-0.2, -0.15) is 5.10 Å². The lowest BCUT2D eigenvalue weighted by Gasteiger charge is -2.17. The summed E-state index contributed by atoms with van der Waals surface area (Å²) in [5, 5.41) is 10.9. The van der Waals surface area contributed by atoms with Crippen molar-refractivity contribution in [3.05, 3.63) is 78.3 Å². The smallest absolute Gasteiger partial charge is 0.150 e. The number of halogens is 1. The molecule has 0 amide bonds. The Bertz CT molecular complexity index is 1140. The lowest BCUT2D eigenvalue weighted by Crippen LogP contribution is -2.09. The Hall–Kier alpha value is -3.81. The van der Waals surface area contributed by atoms with E-state index in [2.05, 4.69) is 30.7 Å². The van der Waals surface area contributed by atoms with E-state index in [1.807, 2.05) is 39.2 Å². The van der Waals surface area contributed by atoms with Crippen molar-refractivity contribution >= 4 is 17.5 Å². The maximum Gasteiger partial charge on any atom is 0.150 e. The molecule has 1 aromatic carbocycles. The first-order valence-electron chi connectivity index (χ1n) is 9.55. The molecule has 0 fully saturated rings. The van der Waals surface area contributed by atoms with Crippen LogP contribution in [0.1, 0.15) is 24.2 Å². The molecule has 1 atom stereocenters. The van der Waals surface area contributed by atoms with Crippen molar-refractivity contribution in [2.24, 2.45) is 7.05 Å². The highest BCUT2D eigenvalue weighted by molar-refractivity contribution is 5.71. The Morgan fingerprint density at radius 2 is 1.70 bits per heavy atom. The zero-order valence-electron chi connectivity index (χ0n) is 17.0. The molecule has 4 aromatic rings. The summed E-state index contributed by atoms with van der Waals surface area (Å²) in [6.07, 6.45) is 7.11. The van der Waals surface area contributed by atoms with Gasteiger partial charge >= 0.3 is 0 Å². The van der Waals surface area contributed by atoms with Crippen LogP contribution in [0.15, 0.2) is 61.2 Å². The van der Waals surface area contributed by atoms with Crippen LogP contribution in [-0.2, 0) is 7.05 Å². The summed E-state index contributed by atoms with van der Waals surface area (Å²) in [5.74, 6) is 1.65. The number of anilines is 3. The molecule has 3 aromatic heterocycles. The fourth-order valence-corrected chi connectivity index (χ4v) is 3.05. The summed E-state index contributed by atoms with van der Waals surface area (Å²) >= 11 is 0. The molecule has 30 heavy (non-hydrogen) atoms. The summed E-state index contributed by atoms with van der Waals surface area (Å²) in [5.41, 5.74) is 3.72. The van der Waals surface area contributed by atoms with Crippen LogP contribution in [-0.4, -0.2) is 24.7 Å². The van der Waals surface area contributed by atoms with Gasteiger partial charge in [0, 0.05) is 24.8 Å². The number of hydrogen-bond donors (Lipinski definition) is 2. The third kappa shape index (κ3) is 4.60. The van der Waals surface area contributed by atoms with E-state index < -0.39 is 0 Å². The van der Waals surface area contributed by atoms with E-state index in [0.29, 0.717) is 17.5 Å².